The Morgan fingerprint density at radius 3 is 2.26 bits per heavy atom. The van der Waals surface area contributed by atoms with Crippen LogP contribution in [0.4, 0.5) is 0 Å². The van der Waals surface area contributed by atoms with Gasteiger partial charge < -0.3 is 15.0 Å². The van der Waals surface area contributed by atoms with Crippen LogP contribution < -0.4 is 10.1 Å². The number of hydrogen-bond donors (Lipinski definition) is 1. The molecular weight excluding hydrogens is 340 g/mol. The SMILES string of the molecule is CC[C@@H](C(=O)NC)N(Cc1ccccc1)C(=O)COc1cc(C)cc(C)c1. The fourth-order valence-corrected chi connectivity index (χ4v) is 3.11. The summed E-state index contributed by atoms with van der Waals surface area (Å²) >= 11 is 0. The molecule has 2 aromatic rings. The normalized spacial score (nSPS) is 11.6. The van der Waals surface area contributed by atoms with Crippen LogP contribution in [0, 0.1) is 13.8 Å². The van der Waals surface area contributed by atoms with Crippen LogP contribution in [0.1, 0.15) is 30.0 Å². The number of likely N-dealkylation sites (N-methyl/N-ethyl adjacent to an activating group) is 1. The van der Waals surface area contributed by atoms with Crippen LogP contribution in [0.25, 0.3) is 0 Å². The van der Waals surface area contributed by atoms with E-state index in [-0.39, 0.29) is 18.4 Å². The first-order valence-corrected chi connectivity index (χ1v) is 9.20. The maximum absolute atomic E-state index is 12.9. The zero-order chi connectivity index (χ0) is 19.8. The van der Waals surface area contributed by atoms with Crippen molar-refractivity contribution in [2.75, 3.05) is 13.7 Å². The number of carbonyl (C=O) groups excluding carboxylic acids is 2. The van der Waals surface area contributed by atoms with Crippen molar-refractivity contribution in [1.82, 2.24) is 10.2 Å². The Kier molecular flexibility index (Phi) is 7.41. The zero-order valence-corrected chi connectivity index (χ0v) is 16.5. The molecule has 0 aliphatic heterocycles. The summed E-state index contributed by atoms with van der Waals surface area (Å²) in [6.07, 6.45) is 0.530. The average Bonchev–Trinajstić information content (AvgIpc) is 2.65. The Bertz CT molecular complexity index is 754. The second-order valence-electron chi connectivity index (χ2n) is 6.66. The smallest absolute Gasteiger partial charge is 0.261 e. The minimum atomic E-state index is -0.537. The molecule has 5 heteroatoms. The van der Waals surface area contributed by atoms with Crippen molar-refractivity contribution < 1.29 is 14.3 Å². The Morgan fingerprint density at radius 1 is 1.07 bits per heavy atom. The number of benzene rings is 2. The van der Waals surface area contributed by atoms with E-state index >= 15 is 0 Å². The van der Waals surface area contributed by atoms with Crippen molar-refractivity contribution in [3.8, 4) is 5.75 Å². The molecule has 0 fully saturated rings. The van der Waals surface area contributed by atoms with Gasteiger partial charge in [-0.15, -0.1) is 0 Å². The molecule has 0 saturated heterocycles. The van der Waals surface area contributed by atoms with Gasteiger partial charge in [-0.2, -0.15) is 0 Å². The molecule has 144 valence electrons. The number of nitrogens with zero attached hydrogens (tertiary/aromatic N) is 1. The molecule has 2 aromatic carbocycles. The molecule has 2 amide bonds. The second kappa shape index (κ2) is 9.76. The summed E-state index contributed by atoms with van der Waals surface area (Å²) in [5.74, 6) is 0.273. The minimum Gasteiger partial charge on any atom is -0.484 e. The number of carbonyl (C=O) groups is 2. The van der Waals surface area contributed by atoms with Crippen LogP contribution >= 0.6 is 0 Å². The second-order valence-corrected chi connectivity index (χ2v) is 6.66. The summed E-state index contributed by atoms with van der Waals surface area (Å²) in [6, 6.07) is 15.0. The molecule has 2 rings (SSSR count). The van der Waals surface area contributed by atoms with Crippen molar-refractivity contribution in [2.45, 2.75) is 39.8 Å². The van der Waals surface area contributed by atoms with E-state index < -0.39 is 6.04 Å². The van der Waals surface area contributed by atoms with Gasteiger partial charge in [0, 0.05) is 13.6 Å². The first kappa shape index (κ1) is 20.5. The van der Waals surface area contributed by atoms with Gasteiger partial charge in [0.2, 0.25) is 5.91 Å². The number of aryl methyl sites for hydroxylation is 2. The Balaban J connectivity index is 2.17. The van der Waals surface area contributed by atoms with Gasteiger partial charge in [0.05, 0.1) is 0 Å². The molecule has 0 saturated carbocycles. The maximum atomic E-state index is 12.9. The third-order valence-electron chi connectivity index (χ3n) is 4.39. The quantitative estimate of drug-likeness (QED) is 0.778. The van der Waals surface area contributed by atoms with E-state index in [1.54, 1.807) is 11.9 Å². The Labute approximate surface area is 161 Å². The van der Waals surface area contributed by atoms with E-state index in [0.29, 0.717) is 18.7 Å². The summed E-state index contributed by atoms with van der Waals surface area (Å²) < 4.78 is 5.73. The van der Waals surface area contributed by atoms with Crippen molar-refractivity contribution in [3.05, 3.63) is 65.2 Å². The third-order valence-corrected chi connectivity index (χ3v) is 4.39. The molecule has 5 nitrogen and oxygen atoms in total. The number of amides is 2. The monoisotopic (exact) mass is 368 g/mol. The molecule has 0 aromatic heterocycles. The summed E-state index contributed by atoms with van der Waals surface area (Å²) in [5, 5.41) is 2.65. The number of rotatable bonds is 8. The highest BCUT2D eigenvalue weighted by atomic mass is 16.5. The van der Waals surface area contributed by atoms with Gasteiger partial charge in [0.1, 0.15) is 11.8 Å². The summed E-state index contributed by atoms with van der Waals surface area (Å²) in [6.45, 7) is 6.13. The number of nitrogens with one attached hydrogen (secondary N) is 1. The molecular formula is C22H28N2O3. The van der Waals surface area contributed by atoms with Crippen LogP contribution in [-0.4, -0.2) is 36.4 Å². The highest BCUT2D eigenvalue weighted by Crippen LogP contribution is 2.17. The van der Waals surface area contributed by atoms with E-state index in [1.165, 1.54) is 0 Å². The lowest BCUT2D eigenvalue weighted by Gasteiger charge is -2.30. The highest BCUT2D eigenvalue weighted by molar-refractivity contribution is 5.88. The van der Waals surface area contributed by atoms with Gasteiger partial charge in [-0.3, -0.25) is 9.59 Å². The van der Waals surface area contributed by atoms with Crippen LogP contribution in [0.5, 0.6) is 5.75 Å². The summed E-state index contributed by atoms with van der Waals surface area (Å²) in [4.78, 5) is 26.8. The lowest BCUT2D eigenvalue weighted by atomic mass is 10.1. The van der Waals surface area contributed by atoms with Gasteiger partial charge in [0.15, 0.2) is 6.61 Å². The van der Waals surface area contributed by atoms with Gasteiger partial charge >= 0.3 is 0 Å². The number of hydrogen-bond acceptors (Lipinski definition) is 3. The van der Waals surface area contributed by atoms with Crippen molar-refractivity contribution in [3.63, 3.8) is 0 Å². The zero-order valence-electron chi connectivity index (χ0n) is 16.5. The van der Waals surface area contributed by atoms with Crippen LogP contribution in [-0.2, 0) is 16.1 Å². The fraction of sp³-hybridized carbons (Fsp3) is 0.364. The predicted octanol–water partition coefficient (Wildman–Crippen LogP) is 3.24. The van der Waals surface area contributed by atoms with Crippen LogP contribution in [0.15, 0.2) is 48.5 Å². The summed E-state index contributed by atoms with van der Waals surface area (Å²) in [7, 11) is 1.59. The molecule has 0 aliphatic rings. The molecule has 0 unspecified atom stereocenters. The van der Waals surface area contributed by atoms with Gasteiger partial charge in [-0.1, -0.05) is 43.3 Å². The fourth-order valence-electron chi connectivity index (χ4n) is 3.11. The van der Waals surface area contributed by atoms with E-state index in [1.807, 2.05) is 63.2 Å². The number of ether oxygens (including phenoxy) is 1. The molecule has 0 spiro atoms. The van der Waals surface area contributed by atoms with Gasteiger partial charge in [-0.25, -0.2) is 0 Å². The molecule has 0 bridgehead atoms. The van der Waals surface area contributed by atoms with Crippen LogP contribution in [0.2, 0.25) is 0 Å². The highest BCUT2D eigenvalue weighted by Gasteiger charge is 2.28. The first-order valence-electron chi connectivity index (χ1n) is 9.20. The largest absolute Gasteiger partial charge is 0.484 e. The molecule has 0 aliphatic carbocycles. The topological polar surface area (TPSA) is 58.6 Å². The molecule has 1 atom stereocenters. The van der Waals surface area contributed by atoms with Crippen molar-refractivity contribution in [2.24, 2.45) is 0 Å². The van der Waals surface area contributed by atoms with Gasteiger partial charge in [0.25, 0.3) is 5.91 Å². The molecule has 27 heavy (non-hydrogen) atoms. The molecule has 0 radical (unpaired) electrons. The Morgan fingerprint density at radius 2 is 1.70 bits per heavy atom. The first-order chi connectivity index (χ1) is 12.9. The third kappa shape index (κ3) is 5.84. The van der Waals surface area contributed by atoms with E-state index in [4.69, 9.17) is 4.74 Å². The molecule has 1 N–H and O–H groups in total. The van der Waals surface area contributed by atoms with E-state index in [9.17, 15) is 9.59 Å². The van der Waals surface area contributed by atoms with Crippen molar-refractivity contribution >= 4 is 11.8 Å². The average molecular weight is 368 g/mol. The summed E-state index contributed by atoms with van der Waals surface area (Å²) in [5.41, 5.74) is 3.13. The standard InChI is InChI=1S/C22H28N2O3/c1-5-20(22(26)23-4)24(14-18-9-7-6-8-10-18)21(25)15-27-19-12-16(2)11-17(3)13-19/h6-13,20H,5,14-15H2,1-4H3,(H,23,26)/t20-/m0/s1. The predicted molar refractivity (Wildman–Crippen MR) is 107 cm³/mol. The minimum absolute atomic E-state index is 0.108. The lowest BCUT2D eigenvalue weighted by molar-refractivity contribution is -0.142. The van der Waals surface area contributed by atoms with Crippen molar-refractivity contribution in [1.29, 1.82) is 0 Å². The molecule has 0 heterocycles. The van der Waals surface area contributed by atoms with Crippen LogP contribution in [0.3, 0.4) is 0 Å². The lowest BCUT2D eigenvalue weighted by Crippen LogP contribution is -2.49. The Hall–Kier alpha value is -2.82. The van der Waals surface area contributed by atoms with E-state index in [0.717, 1.165) is 16.7 Å². The van der Waals surface area contributed by atoms with Gasteiger partial charge in [-0.05, 0) is 49.1 Å². The maximum Gasteiger partial charge on any atom is 0.261 e. The van der Waals surface area contributed by atoms with E-state index in [2.05, 4.69) is 11.4 Å².